The van der Waals surface area contributed by atoms with Crippen molar-refractivity contribution < 1.29 is 0 Å². The van der Waals surface area contributed by atoms with E-state index in [1.807, 2.05) is 0 Å². The van der Waals surface area contributed by atoms with E-state index in [1.165, 1.54) is 48.7 Å². The van der Waals surface area contributed by atoms with Crippen LogP contribution in [0.3, 0.4) is 0 Å². The minimum absolute atomic E-state index is 0.154. The lowest BCUT2D eigenvalue weighted by Gasteiger charge is -2.20. The molecule has 0 fully saturated rings. The summed E-state index contributed by atoms with van der Waals surface area (Å²) in [4.78, 5) is 0. The fraction of sp³-hybridized carbons (Fsp3) is 0. The number of fused-ring (bicyclic) bond motifs is 3. The van der Waals surface area contributed by atoms with E-state index < -0.39 is 0 Å². The van der Waals surface area contributed by atoms with E-state index in [4.69, 9.17) is 0 Å². The van der Waals surface area contributed by atoms with Crippen LogP contribution in [-0.2, 0) is 0 Å². The first-order valence-corrected chi connectivity index (χ1v) is 10.8. The predicted molar refractivity (Wildman–Crippen MR) is 136 cm³/mol. The first-order valence-electron chi connectivity index (χ1n) is 10.8. The van der Waals surface area contributed by atoms with Crippen molar-refractivity contribution in [2.45, 2.75) is 0 Å². The third-order valence-electron chi connectivity index (χ3n) is 6.38. The third-order valence-corrected chi connectivity index (χ3v) is 6.38. The van der Waals surface area contributed by atoms with Gasteiger partial charge in [0.1, 0.15) is 0 Å². The second-order valence-electron chi connectivity index (χ2n) is 8.18. The van der Waals surface area contributed by atoms with Gasteiger partial charge in [0.25, 0.3) is 0 Å². The quantitative estimate of drug-likeness (QED) is 0.341. The van der Waals surface area contributed by atoms with Gasteiger partial charge in [-0.05, 0) is 32.3 Å². The van der Waals surface area contributed by atoms with Crippen LogP contribution in [0.1, 0.15) is 0 Å². The van der Waals surface area contributed by atoms with E-state index in [0.717, 1.165) is 0 Å². The van der Waals surface area contributed by atoms with Crippen molar-refractivity contribution in [2.24, 2.45) is 0 Å². The van der Waals surface area contributed by atoms with Crippen LogP contribution in [0.25, 0.3) is 32.3 Å². The van der Waals surface area contributed by atoms with Crippen LogP contribution in [0, 0.1) is 0 Å². The van der Waals surface area contributed by atoms with Gasteiger partial charge in [-0.3, -0.25) is 0 Å². The maximum atomic E-state index is 2.36. The number of hydrogen-bond donors (Lipinski definition) is 0. The zero-order valence-corrected chi connectivity index (χ0v) is 17.2. The Morgan fingerprint density at radius 2 is 0.839 bits per heavy atom. The fourth-order valence-electron chi connectivity index (χ4n) is 4.92. The SMILES string of the molecule is c1ccc2cc(B(c3cccc4ccccc34)c3cccc4ccccc34)ccc2c1. The molecule has 0 nitrogen and oxygen atoms in total. The van der Waals surface area contributed by atoms with E-state index in [0.29, 0.717) is 0 Å². The third kappa shape index (κ3) is 3.10. The standard InChI is InChI=1S/C30H21B/c1-2-12-25-21-26(20-19-22(25)9-1)31(29-17-7-13-23-10-3-5-15-27(23)29)30-18-8-14-24-11-4-6-16-28(24)30/h1-21H. The summed E-state index contributed by atoms with van der Waals surface area (Å²) >= 11 is 0. The molecule has 0 aromatic heterocycles. The smallest absolute Gasteiger partial charge is 0.0680 e. The summed E-state index contributed by atoms with van der Waals surface area (Å²) < 4.78 is 0. The Hall–Kier alpha value is -3.84. The summed E-state index contributed by atoms with van der Waals surface area (Å²) in [5, 5.41) is 7.76. The Morgan fingerprint density at radius 3 is 1.45 bits per heavy atom. The van der Waals surface area contributed by atoms with Crippen molar-refractivity contribution in [3.63, 3.8) is 0 Å². The van der Waals surface area contributed by atoms with Gasteiger partial charge in [0.2, 0.25) is 6.71 Å². The Morgan fingerprint density at radius 1 is 0.355 bits per heavy atom. The normalized spacial score (nSPS) is 11.2. The minimum atomic E-state index is 0.154. The van der Waals surface area contributed by atoms with Gasteiger partial charge in [0.15, 0.2) is 0 Å². The minimum Gasteiger partial charge on any atom is -0.0680 e. The van der Waals surface area contributed by atoms with E-state index in [2.05, 4.69) is 127 Å². The van der Waals surface area contributed by atoms with Crippen molar-refractivity contribution in [3.05, 3.63) is 127 Å². The fourth-order valence-corrected chi connectivity index (χ4v) is 4.92. The summed E-state index contributed by atoms with van der Waals surface area (Å²) in [5.41, 5.74) is 4.03. The molecule has 31 heavy (non-hydrogen) atoms. The van der Waals surface area contributed by atoms with E-state index in [-0.39, 0.29) is 6.71 Å². The molecule has 0 amide bonds. The molecule has 0 aliphatic carbocycles. The largest absolute Gasteiger partial charge is 0.242 e. The lowest BCUT2D eigenvalue weighted by Crippen LogP contribution is -2.52. The molecule has 1 heteroatoms. The highest BCUT2D eigenvalue weighted by Gasteiger charge is 2.25. The van der Waals surface area contributed by atoms with Gasteiger partial charge in [-0.15, -0.1) is 0 Å². The van der Waals surface area contributed by atoms with Crippen molar-refractivity contribution in [3.8, 4) is 0 Å². The number of rotatable bonds is 3. The van der Waals surface area contributed by atoms with E-state index in [9.17, 15) is 0 Å². The van der Waals surface area contributed by atoms with Crippen LogP contribution in [-0.4, -0.2) is 6.71 Å². The second kappa shape index (κ2) is 7.45. The molecule has 0 unspecified atom stereocenters. The Bertz CT molecular complexity index is 1460. The lowest BCUT2D eigenvalue weighted by molar-refractivity contribution is 1.75. The van der Waals surface area contributed by atoms with Crippen molar-refractivity contribution in [2.75, 3.05) is 0 Å². The summed E-state index contributed by atoms with van der Waals surface area (Å²) in [5.74, 6) is 0. The molecule has 6 aromatic rings. The van der Waals surface area contributed by atoms with Gasteiger partial charge in [0, 0.05) is 0 Å². The Kier molecular flexibility index (Phi) is 4.32. The molecule has 0 aliphatic heterocycles. The monoisotopic (exact) mass is 392 g/mol. The van der Waals surface area contributed by atoms with E-state index in [1.54, 1.807) is 0 Å². The molecule has 0 radical (unpaired) electrons. The Labute approximate surface area is 182 Å². The molecule has 0 heterocycles. The molecular weight excluding hydrogens is 371 g/mol. The molecule has 0 spiro atoms. The first kappa shape index (κ1) is 18.0. The van der Waals surface area contributed by atoms with Gasteiger partial charge >= 0.3 is 0 Å². The first-order chi connectivity index (χ1) is 15.4. The van der Waals surface area contributed by atoms with Crippen molar-refractivity contribution in [1.29, 1.82) is 0 Å². The number of hydrogen-bond acceptors (Lipinski definition) is 0. The number of benzene rings is 6. The summed E-state index contributed by atoms with van der Waals surface area (Å²) in [6, 6.07) is 46.4. The molecule has 0 saturated carbocycles. The van der Waals surface area contributed by atoms with Crippen LogP contribution >= 0.6 is 0 Å². The van der Waals surface area contributed by atoms with Gasteiger partial charge in [-0.2, -0.15) is 0 Å². The molecule has 0 bridgehead atoms. The highest BCUT2D eigenvalue weighted by Crippen LogP contribution is 2.17. The molecule has 0 saturated heterocycles. The van der Waals surface area contributed by atoms with Crippen LogP contribution < -0.4 is 16.4 Å². The zero-order valence-electron chi connectivity index (χ0n) is 17.2. The Balaban J connectivity index is 1.69. The lowest BCUT2D eigenvalue weighted by atomic mass is 9.35. The molecule has 0 N–H and O–H groups in total. The highest BCUT2D eigenvalue weighted by atomic mass is 14.1. The van der Waals surface area contributed by atoms with Gasteiger partial charge in [-0.25, -0.2) is 0 Å². The van der Waals surface area contributed by atoms with Crippen LogP contribution in [0.5, 0.6) is 0 Å². The average Bonchev–Trinajstić information content (AvgIpc) is 2.84. The molecule has 6 rings (SSSR count). The average molecular weight is 392 g/mol. The van der Waals surface area contributed by atoms with Crippen molar-refractivity contribution in [1.82, 2.24) is 0 Å². The second-order valence-corrected chi connectivity index (χ2v) is 8.18. The predicted octanol–water partition coefficient (Wildman–Crippen LogP) is 5.66. The van der Waals surface area contributed by atoms with Crippen LogP contribution in [0.2, 0.25) is 0 Å². The van der Waals surface area contributed by atoms with Gasteiger partial charge < -0.3 is 0 Å². The summed E-state index contributed by atoms with van der Waals surface area (Å²) in [6.45, 7) is 0.154. The van der Waals surface area contributed by atoms with Gasteiger partial charge in [0.05, 0.1) is 0 Å². The molecule has 0 aliphatic rings. The maximum Gasteiger partial charge on any atom is 0.242 e. The van der Waals surface area contributed by atoms with Crippen LogP contribution in [0.15, 0.2) is 127 Å². The molecule has 144 valence electrons. The zero-order chi connectivity index (χ0) is 20.6. The van der Waals surface area contributed by atoms with Crippen molar-refractivity contribution >= 4 is 55.4 Å². The van der Waals surface area contributed by atoms with Gasteiger partial charge in [-0.1, -0.05) is 144 Å². The highest BCUT2D eigenvalue weighted by molar-refractivity contribution is 6.98. The maximum absolute atomic E-state index is 2.36. The summed E-state index contributed by atoms with van der Waals surface area (Å²) in [6.07, 6.45) is 0. The molecule has 0 atom stereocenters. The topological polar surface area (TPSA) is 0 Å². The van der Waals surface area contributed by atoms with E-state index >= 15 is 0 Å². The summed E-state index contributed by atoms with van der Waals surface area (Å²) in [7, 11) is 0. The molecule has 6 aromatic carbocycles. The molecular formula is C30H21B. The van der Waals surface area contributed by atoms with Crippen LogP contribution in [0.4, 0.5) is 0 Å².